The van der Waals surface area contributed by atoms with E-state index in [-0.39, 0.29) is 5.78 Å². The second-order valence-corrected chi connectivity index (χ2v) is 5.47. The maximum absolute atomic E-state index is 12.8. The van der Waals surface area contributed by atoms with E-state index in [1.54, 1.807) is 31.6 Å². The Morgan fingerprint density at radius 2 is 2.14 bits per heavy atom. The van der Waals surface area contributed by atoms with Crippen LogP contribution in [0.2, 0.25) is 5.02 Å². The van der Waals surface area contributed by atoms with Gasteiger partial charge in [0, 0.05) is 30.0 Å². The fraction of sp³-hybridized carbons (Fsp3) is 0.176. The van der Waals surface area contributed by atoms with Crippen molar-refractivity contribution in [2.24, 2.45) is 0 Å². The van der Waals surface area contributed by atoms with Gasteiger partial charge in [-0.1, -0.05) is 29.8 Å². The molecule has 0 bridgehead atoms. The first-order valence-corrected chi connectivity index (χ1v) is 7.29. The second kappa shape index (κ2) is 5.81. The first-order valence-electron chi connectivity index (χ1n) is 6.91. The lowest BCUT2D eigenvalue weighted by Crippen LogP contribution is -2.10. The van der Waals surface area contributed by atoms with E-state index in [0.29, 0.717) is 16.5 Å². The van der Waals surface area contributed by atoms with Crippen molar-refractivity contribution >= 4 is 23.0 Å². The summed E-state index contributed by atoms with van der Waals surface area (Å²) in [5.74, 6) is 0.357. The number of nitrogens with one attached hydrogen (secondary N) is 1. The third-order valence-electron chi connectivity index (χ3n) is 3.62. The predicted molar refractivity (Wildman–Crippen MR) is 85.2 cm³/mol. The van der Waals surface area contributed by atoms with Gasteiger partial charge in [0.1, 0.15) is 0 Å². The van der Waals surface area contributed by atoms with Gasteiger partial charge in [-0.25, -0.2) is 0 Å². The number of carbonyl (C=O) groups is 1. The van der Waals surface area contributed by atoms with Gasteiger partial charge in [-0.15, -0.1) is 0 Å². The highest BCUT2D eigenvalue weighted by atomic mass is 35.5. The minimum atomic E-state index is -0.675. The van der Waals surface area contributed by atoms with Crippen LogP contribution < -0.4 is 5.32 Å². The number of halogens is 1. The molecular formula is C17H15ClN2O2. The average molecular weight is 315 g/mol. The molecule has 1 aromatic carbocycles. The molecule has 0 spiro atoms. The number of aromatic nitrogens is 1. The molecule has 1 aromatic heterocycles. The largest absolute Gasteiger partial charge is 0.462 e. The molecule has 1 N–H and O–H groups in total. The first-order chi connectivity index (χ1) is 10.6. The molecule has 3 rings (SSSR count). The molecule has 2 aromatic rings. The topological polar surface area (TPSA) is 51.2 Å². The zero-order valence-electron chi connectivity index (χ0n) is 12.3. The number of hydrogen-bond donors (Lipinski definition) is 1. The summed E-state index contributed by atoms with van der Waals surface area (Å²) in [5.41, 5.74) is 2.95. The Hall–Kier alpha value is -2.33. The van der Waals surface area contributed by atoms with Gasteiger partial charge in [0.05, 0.1) is 5.57 Å². The van der Waals surface area contributed by atoms with Crippen LogP contribution in [-0.4, -0.2) is 17.8 Å². The molecule has 0 aliphatic carbocycles. The zero-order valence-corrected chi connectivity index (χ0v) is 13.0. The molecule has 1 unspecified atom stereocenters. The monoisotopic (exact) mass is 314 g/mol. The van der Waals surface area contributed by atoms with Crippen LogP contribution in [0.5, 0.6) is 0 Å². The van der Waals surface area contributed by atoms with Crippen molar-refractivity contribution in [2.75, 3.05) is 7.05 Å². The summed E-state index contributed by atoms with van der Waals surface area (Å²) in [7, 11) is 1.73. The maximum Gasteiger partial charge on any atom is 0.214 e. The van der Waals surface area contributed by atoms with Crippen LogP contribution in [0.25, 0.3) is 5.57 Å². The average Bonchev–Trinajstić information content (AvgIpc) is 2.88. The van der Waals surface area contributed by atoms with Gasteiger partial charge >= 0.3 is 0 Å². The third-order valence-corrected chi connectivity index (χ3v) is 4.03. The smallest absolute Gasteiger partial charge is 0.214 e. The van der Waals surface area contributed by atoms with Crippen molar-refractivity contribution in [3.05, 3.63) is 70.3 Å². The number of carbonyl (C=O) groups excluding carboxylic acids is 1. The van der Waals surface area contributed by atoms with Crippen molar-refractivity contribution in [1.82, 2.24) is 10.3 Å². The highest BCUT2D eigenvalue weighted by Crippen LogP contribution is 2.37. The fourth-order valence-corrected chi connectivity index (χ4v) is 2.61. The van der Waals surface area contributed by atoms with Gasteiger partial charge in [-0.3, -0.25) is 9.78 Å². The first kappa shape index (κ1) is 14.6. The molecule has 5 heteroatoms. The molecule has 2 heterocycles. The minimum absolute atomic E-state index is 0.0998. The van der Waals surface area contributed by atoms with Crippen LogP contribution in [-0.2, 0) is 9.53 Å². The van der Waals surface area contributed by atoms with E-state index in [1.807, 2.05) is 25.1 Å². The van der Waals surface area contributed by atoms with Gasteiger partial charge in [-0.2, -0.15) is 0 Å². The molecule has 0 amide bonds. The number of aryl methyl sites for hydroxylation is 1. The molecule has 1 atom stereocenters. The Bertz CT molecular complexity index is 757. The van der Waals surface area contributed by atoms with E-state index in [1.165, 1.54) is 0 Å². The standard InChI is InChI=1S/C17H15ClN2O2/c1-10-5-6-11(8-13(10)18)14-15(21)16(22-17(14)19-2)12-4-3-7-20-9-12/h3-9,16,19H,1-2H3. The number of ether oxygens (including phenoxy) is 1. The lowest BCUT2D eigenvalue weighted by atomic mass is 9.97. The summed E-state index contributed by atoms with van der Waals surface area (Å²) in [5, 5.41) is 3.57. The second-order valence-electron chi connectivity index (χ2n) is 5.07. The van der Waals surface area contributed by atoms with Crippen molar-refractivity contribution in [3.8, 4) is 0 Å². The molecule has 0 saturated heterocycles. The highest BCUT2D eigenvalue weighted by Gasteiger charge is 2.37. The van der Waals surface area contributed by atoms with E-state index in [2.05, 4.69) is 10.3 Å². The SMILES string of the molecule is CNC1=C(c2ccc(C)c(Cl)c2)C(=O)C(c2cccnc2)O1. The summed E-state index contributed by atoms with van der Waals surface area (Å²) in [4.78, 5) is 16.8. The van der Waals surface area contributed by atoms with Crippen molar-refractivity contribution in [2.45, 2.75) is 13.0 Å². The van der Waals surface area contributed by atoms with Gasteiger partial charge in [0.2, 0.25) is 5.78 Å². The minimum Gasteiger partial charge on any atom is -0.462 e. The number of benzene rings is 1. The van der Waals surface area contributed by atoms with E-state index in [0.717, 1.165) is 16.7 Å². The number of ketones is 1. The molecule has 4 nitrogen and oxygen atoms in total. The fourth-order valence-electron chi connectivity index (χ4n) is 2.43. The van der Waals surface area contributed by atoms with Gasteiger partial charge in [0.25, 0.3) is 0 Å². The molecule has 1 aliphatic heterocycles. The summed E-state index contributed by atoms with van der Waals surface area (Å²) in [6.45, 7) is 1.92. The van der Waals surface area contributed by atoms with Gasteiger partial charge in [0.15, 0.2) is 12.0 Å². The maximum atomic E-state index is 12.8. The van der Waals surface area contributed by atoms with Crippen LogP contribution in [0.3, 0.4) is 0 Å². The number of rotatable bonds is 3. The van der Waals surface area contributed by atoms with Crippen LogP contribution in [0.1, 0.15) is 22.8 Å². The van der Waals surface area contributed by atoms with Crippen molar-refractivity contribution in [1.29, 1.82) is 0 Å². The molecule has 0 fully saturated rings. The number of nitrogens with zero attached hydrogens (tertiary/aromatic N) is 1. The Morgan fingerprint density at radius 1 is 1.32 bits per heavy atom. The zero-order chi connectivity index (χ0) is 15.7. The Kier molecular flexibility index (Phi) is 3.86. The molecule has 0 saturated carbocycles. The van der Waals surface area contributed by atoms with Crippen LogP contribution in [0.4, 0.5) is 0 Å². The number of hydrogen-bond acceptors (Lipinski definition) is 4. The van der Waals surface area contributed by atoms with E-state index < -0.39 is 6.10 Å². The number of pyridine rings is 1. The molecule has 1 aliphatic rings. The summed E-state index contributed by atoms with van der Waals surface area (Å²) < 4.78 is 5.78. The summed E-state index contributed by atoms with van der Waals surface area (Å²) >= 11 is 6.18. The van der Waals surface area contributed by atoms with Crippen molar-refractivity contribution < 1.29 is 9.53 Å². The van der Waals surface area contributed by atoms with Crippen LogP contribution in [0.15, 0.2) is 48.6 Å². The summed E-state index contributed by atoms with van der Waals surface area (Å²) in [6, 6.07) is 9.17. The highest BCUT2D eigenvalue weighted by molar-refractivity contribution is 6.32. The quantitative estimate of drug-likeness (QED) is 0.944. The molecule has 22 heavy (non-hydrogen) atoms. The predicted octanol–water partition coefficient (Wildman–Crippen LogP) is 3.27. The van der Waals surface area contributed by atoms with E-state index in [9.17, 15) is 4.79 Å². The van der Waals surface area contributed by atoms with E-state index >= 15 is 0 Å². The van der Waals surface area contributed by atoms with E-state index in [4.69, 9.17) is 16.3 Å². The van der Waals surface area contributed by atoms with Crippen LogP contribution >= 0.6 is 11.6 Å². The lowest BCUT2D eigenvalue weighted by molar-refractivity contribution is -0.120. The Morgan fingerprint density at radius 3 is 2.77 bits per heavy atom. The molecule has 0 radical (unpaired) electrons. The Balaban J connectivity index is 2.02. The lowest BCUT2D eigenvalue weighted by Gasteiger charge is -2.10. The van der Waals surface area contributed by atoms with Gasteiger partial charge < -0.3 is 10.1 Å². The normalized spacial score (nSPS) is 17.6. The van der Waals surface area contributed by atoms with Crippen molar-refractivity contribution in [3.63, 3.8) is 0 Å². The number of Topliss-reactive ketones (excluding diaryl/α,β-unsaturated/α-hetero) is 1. The summed E-state index contributed by atoms with van der Waals surface area (Å²) in [6.07, 6.45) is 2.63. The Labute approximate surface area is 133 Å². The third kappa shape index (κ3) is 2.46. The van der Waals surface area contributed by atoms with Gasteiger partial charge in [-0.05, 0) is 30.2 Å². The van der Waals surface area contributed by atoms with Crippen LogP contribution in [0, 0.1) is 6.92 Å². The molecule has 112 valence electrons. The molecular weight excluding hydrogens is 300 g/mol.